The molecule has 0 aliphatic rings. The highest BCUT2D eigenvalue weighted by Crippen LogP contribution is 2.35. The summed E-state index contributed by atoms with van der Waals surface area (Å²) in [5.41, 5.74) is 0.345. The third kappa shape index (κ3) is 6.17. The highest BCUT2D eigenvalue weighted by atomic mass is 19.4. The first-order valence-corrected chi connectivity index (χ1v) is 6.33. The molecule has 1 heterocycles. The molecule has 22 heavy (non-hydrogen) atoms. The average molecular weight is 322 g/mol. The number of nitrogens with one attached hydrogen (secondary N) is 1. The van der Waals surface area contributed by atoms with Gasteiger partial charge in [0.1, 0.15) is 12.3 Å². The molecule has 0 fully saturated rings. The van der Waals surface area contributed by atoms with Gasteiger partial charge in [-0.3, -0.25) is 4.79 Å². The van der Waals surface area contributed by atoms with Crippen molar-refractivity contribution in [3.8, 4) is 11.6 Å². The zero-order valence-electron chi connectivity index (χ0n) is 12.4. The number of carbonyl (C=O) groups excluding carboxylic acids is 1. The van der Waals surface area contributed by atoms with Crippen LogP contribution in [0, 0.1) is 6.92 Å². The van der Waals surface area contributed by atoms with Gasteiger partial charge in [0.2, 0.25) is 11.8 Å². The number of nitrogens with zero attached hydrogens (tertiary/aromatic N) is 1. The Balaban J connectivity index is 3.07. The van der Waals surface area contributed by atoms with Crippen molar-refractivity contribution in [1.82, 2.24) is 4.98 Å². The van der Waals surface area contributed by atoms with Crippen LogP contribution in [0.3, 0.4) is 0 Å². The Morgan fingerprint density at radius 3 is 2.55 bits per heavy atom. The number of aromatic nitrogens is 1. The summed E-state index contributed by atoms with van der Waals surface area (Å²) >= 11 is 0. The molecule has 0 bridgehead atoms. The predicted molar refractivity (Wildman–Crippen MR) is 72.2 cm³/mol. The molecule has 1 aromatic heterocycles. The summed E-state index contributed by atoms with van der Waals surface area (Å²) in [6.45, 7) is 1.68. The fraction of sp³-hybridized carbons (Fsp3) is 0.538. The highest BCUT2D eigenvalue weighted by molar-refractivity contribution is 5.92. The maximum Gasteiger partial charge on any atom is 0.422 e. The lowest BCUT2D eigenvalue weighted by Crippen LogP contribution is -2.21. The lowest BCUT2D eigenvalue weighted by atomic mass is 10.3. The Bertz CT molecular complexity index is 521. The third-order valence-electron chi connectivity index (χ3n) is 2.30. The first kappa shape index (κ1) is 18.0. The SMILES string of the molecule is COCCOc1nc(C)cc(OCC(F)(F)F)c1NC(C)=O. The molecule has 1 N–H and O–H groups in total. The van der Waals surface area contributed by atoms with Gasteiger partial charge in [-0.1, -0.05) is 0 Å². The van der Waals surface area contributed by atoms with Gasteiger partial charge in [0.05, 0.1) is 6.61 Å². The monoisotopic (exact) mass is 322 g/mol. The first-order chi connectivity index (χ1) is 10.2. The van der Waals surface area contributed by atoms with Crippen LogP contribution in [0.5, 0.6) is 11.6 Å². The second-order valence-electron chi connectivity index (χ2n) is 4.37. The number of alkyl halides is 3. The van der Waals surface area contributed by atoms with Crippen molar-refractivity contribution in [3.63, 3.8) is 0 Å². The van der Waals surface area contributed by atoms with Crippen LogP contribution in [0.1, 0.15) is 12.6 Å². The molecule has 1 rings (SSSR count). The minimum Gasteiger partial charge on any atom is -0.482 e. The number of hydrogen-bond donors (Lipinski definition) is 1. The number of methoxy groups -OCH3 is 1. The molecule has 0 atom stereocenters. The molecule has 124 valence electrons. The molecular formula is C13H17F3N2O4. The van der Waals surface area contributed by atoms with E-state index < -0.39 is 18.7 Å². The quantitative estimate of drug-likeness (QED) is 0.780. The summed E-state index contributed by atoms with van der Waals surface area (Å²) in [4.78, 5) is 15.3. The largest absolute Gasteiger partial charge is 0.482 e. The number of aryl methyl sites for hydroxylation is 1. The van der Waals surface area contributed by atoms with Gasteiger partial charge in [0, 0.05) is 25.8 Å². The molecule has 1 aromatic rings. The molecule has 0 radical (unpaired) electrons. The van der Waals surface area contributed by atoms with Crippen LogP contribution in [0.15, 0.2) is 6.07 Å². The van der Waals surface area contributed by atoms with E-state index in [1.807, 2.05) is 0 Å². The lowest BCUT2D eigenvalue weighted by Gasteiger charge is -2.17. The number of anilines is 1. The molecule has 0 aliphatic carbocycles. The van der Waals surface area contributed by atoms with Crippen LogP contribution in [0.2, 0.25) is 0 Å². The summed E-state index contributed by atoms with van der Waals surface area (Å²) in [7, 11) is 1.47. The van der Waals surface area contributed by atoms with Crippen molar-refractivity contribution < 1.29 is 32.2 Å². The Hall–Kier alpha value is -2.03. The number of carbonyl (C=O) groups is 1. The summed E-state index contributed by atoms with van der Waals surface area (Å²) in [5.74, 6) is -0.670. The Labute approximate surface area is 125 Å². The van der Waals surface area contributed by atoms with E-state index >= 15 is 0 Å². The standard InChI is InChI=1S/C13H17F3N2O4/c1-8-6-10(22-7-13(14,15)16)11(18-9(2)19)12(17-8)21-5-4-20-3/h6H,4-5,7H2,1-3H3,(H,18,19). The molecule has 1 amide bonds. The van der Waals surface area contributed by atoms with Gasteiger partial charge in [0.15, 0.2) is 12.4 Å². The maximum atomic E-state index is 12.3. The highest BCUT2D eigenvalue weighted by Gasteiger charge is 2.29. The van der Waals surface area contributed by atoms with E-state index in [1.165, 1.54) is 20.1 Å². The van der Waals surface area contributed by atoms with Gasteiger partial charge in [-0.25, -0.2) is 4.98 Å². The predicted octanol–water partition coefficient (Wildman–Crippen LogP) is 2.31. The number of halogens is 3. The van der Waals surface area contributed by atoms with Gasteiger partial charge in [-0.2, -0.15) is 13.2 Å². The fourth-order valence-corrected chi connectivity index (χ4v) is 1.51. The van der Waals surface area contributed by atoms with E-state index in [-0.39, 0.29) is 30.5 Å². The molecule has 0 aliphatic heterocycles. The smallest absolute Gasteiger partial charge is 0.422 e. The van der Waals surface area contributed by atoms with Crippen molar-refractivity contribution in [2.45, 2.75) is 20.0 Å². The molecule has 0 saturated carbocycles. The number of pyridine rings is 1. The minimum absolute atomic E-state index is 0.0237. The fourth-order valence-electron chi connectivity index (χ4n) is 1.51. The summed E-state index contributed by atoms with van der Waals surface area (Å²) in [6.07, 6.45) is -4.50. The van der Waals surface area contributed by atoms with Crippen molar-refractivity contribution in [2.24, 2.45) is 0 Å². The van der Waals surface area contributed by atoms with E-state index in [4.69, 9.17) is 14.2 Å². The van der Waals surface area contributed by atoms with Gasteiger partial charge in [0.25, 0.3) is 0 Å². The van der Waals surface area contributed by atoms with Crippen molar-refractivity contribution in [3.05, 3.63) is 11.8 Å². The van der Waals surface area contributed by atoms with E-state index in [2.05, 4.69) is 10.3 Å². The van der Waals surface area contributed by atoms with E-state index in [0.717, 1.165) is 0 Å². The van der Waals surface area contributed by atoms with Gasteiger partial charge in [-0.15, -0.1) is 0 Å². The Morgan fingerprint density at radius 1 is 1.32 bits per heavy atom. The van der Waals surface area contributed by atoms with E-state index in [0.29, 0.717) is 5.69 Å². The van der Waals surface area contributed by atoms with Gasteiger partial charge in [-0.05, 0) is 6.92 Å². The van der Waals surface area contributed by atoms with Crippen LogP contribution >= 0.6 is 0 Å². The Morgan fingerprint density at radius 2 is 2.00 bits per heavy atom. The van der Waals surface area contributed by atoms with Crippen LogP contribution in [-0.4, -0.2) is 44.0 Å². The first-order valence-electron chi connectivity index (χ1n) is 6.33. The number of hydrogen-bond acceptors (Lipinski definition) is 5. The molecule has 0 spiro atoms. The van der Waals surface area contributed by atoms with Gasteiger partial charge >= 0.3 is 6.18 Å². The molecule has 6 nitrogen and oxygen atoms in total. The number of rotatable bonds is 7. The summed E-state index contributed by atoms with van der Waals surface area (Å²) in [5, 5.41) is 2.37. The normalized spacial score (nSPS) is 11.2. The van der Waals surface area contributed by atoms with E-state index in [1.54, 1.807) is 6.92 Å². The van der Waals surface area contributed by atoms with Crippen LogP contribution < -0.4 is 14.8 Å². The average Bonchev–Trinajstić information content (AvgIpc) is 2.38. The number of amides is 1. The Kier molecular flexibility index (Phi) is 6.41. The molecule has 0 unspecified atom stereocenters. The third-order valence-corrected chi connectivity index (χ3v) is 2.30. The van der Waals surface area contributed by atoms with Crippen LogP contribution in [0.4, 0.5) is 18.9 Å². The molecule has 9 heteroatoms. The summed E-state index contributed by atoms with van der Waals surface area (Å²) < 4.78 is 51.8. The molecular weight excluding hydrogens is 305 g/mol. The zero-order chi connectivity index (χ0) is 16.8. The lowest BCUT2D eigenvalue weighted by molar-refractivity contribution is -0.153. The van der Waals surface area contributed by atoms with Crippen molar-refractivity contribution in [1.29, 1.82) is 0 Å². The molecule has 0 saturated heterocycles. The second kappa shape index (κ2) is 7.83. The van der Waals surface area contributed by atoms with Crippen molar-refractivity contribution >= 4 is 11.6 Å². The van der Waals surface area contributed by atoms with E-state index in [9.17, 15) is 18.0 Å². The van der Waals surface area contributed by atoms with Crippen molar-refractivity contribution in [2.75, 3.05) is 32.2 Å². The minimum atomic E-state index is -4.50. The zero-order valence-corrected chi connectivity index (χ0v) is 12.4. The summed E-state index contributed by atoms with van der Waals surface area (Å²) in [6, 6.07) is 1.29. The van der Waals surface area contributed by atoms with Gasteiger partial charge < -0.3 is 19.5 Å². The topological polar surface area (TPSA) is 69.7 Å². The number of ether oxygens (including phenoxy) is 3. The van der Waals surface area contributed by atoms with Crippen LogP contribution in [0.25, 0.3) is 0 Å². The van der Waals surface area contributed by atoms with Crippen LogP contribution in [-0.2, 0) is 9.53 Å². The maximum absolute atomic E-state index is 12.3. The molecule has 0 aromatic carbocycles. The second-order valence-corrected chi connectivity index (χ2v) is 4.37.